The molecule has 8 nitrogen and oxygen atoms in total. The number of aliphatic imine (C=N–C) groups is 2. The van der Waals surface area contributed by atoms with E-state index in [1.165, 1.54) is 12.1 Å². The Morgan fingerprint density at radius 3 is 1.90 bits per heavy atom. The Morgan fingerprint density at radius 1 is 0.878 bits per heavy atom. The van der Waals surface area contributed by atoms with Gasteiger partial charge in [0, 0.05) is 11.6 Å². The summed E-state index contributed by atoms with van der Waals surface area (Å²) in [6.45, 7) is 5.64. The Morgan fingerprint density at radius 2 is 1.41 bits per heavy atom. The minimum absolute atomic E-state index is 0.258. The van der Waals surface area contributed by atoms with Crippen LogP contribution in [0.25, 0.3) is 11.5 Å². The van der Waals surface area contributed by atoms with Crippen molar-refractivity contribution in [2.45, 2.75) is 63.6 Å². The standard InChI is InChI=1S/C32H30FN5O3/c1-19(34)16-32(31-38-37-30(41-31)22-6-10-27(33)11-7-22)28-12-8-23(20(2)35-17-39)14-25(28)4-5-26-15-24(9-13-29(26)32)21(3)36-18-40/h6-15,19-21H,4-5,16,34H2,1-3H3/t19-,20?,21?,32?/m1/s1. The molecule has 208 valence electrons. The zero-order valence-corrected chi connectivity index (χ0v) is 23.1. The molecule has 2 N–H and O–H groups in total. The summed E-state index contributed by atoms with van der Waals surface area (Å²) in [5.74, 6) is 0.283. The molecule has 2 unspecified atom stereocenters. The summed E-state index contributed by atoms with van der Waals surface area (Å²) in [5.41, 5.74) is 12.0. The van der Waals surface area contributed by atoms with Crippen molar-refractivity contribution in [3.8, 4) is 11.5 Å². The lowest BCUT2D eigenvalue weighted by Gasteiger charge is -2.35. The number of fused-ring (bicyclic) bond motifs is 2. The number of nitrogens with two attached hydrogens (primary N) is 1. The minimum atomic E-state index is -0.911. The lowest BCUT2D eigenvalue weighted by Crippen LogP contribution is -2.37. The number of carbonyl (C=O) groups excluding carboxylic acids is 2. The molecule has 3 aromatic carbocycles. The fourth-order valence-corrected chi connectivity index (χ4v) is 5.84. The van der Waals surface area contributed by atoms with Crippen molar-refractivity contribution < 1.29 is 18.4 Å². The van der Waals surface area contributed by atoms with E-state index in [0.29, 0.717) is 30.7 Å². The summed E-state index contributed by atoms with van der Waals surface area (Å²) in [7, 11) is 0. The monoisotopic (exact) mass is 551 g/mol. The molecule has 9 heteroatoms. The van der Waals surface area contributed by atoms with E-state index in [2.05, 4.69) is 32.3 Å². The molecule has 0 spiro atoms. The average Bonchev–Trinajstić information content (AvgIpc) is 3.41. The molecular formula is C32H30FN5O3. The van der Waals surface area contributed by atoms with Crippen molar-refractivity contribution in [1.82, 2.24) is 10.2 Å². The van der Waals surface area contributed by atoms with Crippen LogP contribution in [0.3, 0.4) is 0 Å². The van der Waals surface area contributed by atoms with Crippen LogP contribution in [0.4, 0.5) is 4.39 Å². The van der Waals surface area contributed by atoms with Gasteiger partial charge in [-0.1, -0.05) is 36.4 Å². The van der Waals surface area contributed by atoms with Crippen LogP contribution in [0.15, 0.2) is 75.1 Å². The fourth-order valence-electron chi connectivity index (χ4n) is 5.84. The highest BCUT2D eigenvalue weighted by molar-refractivity contribution is 5.58. The van der Waals surface area contributed by atoms with E-state index < -0.39 is 5.41 Å². The second kappa shape index (κ2) is 11.5. The molecule has 1 aromatic heterocycles. The molecule has 4 aromatic rings. The van der Waals surface area contributed by atoms with Crippen LogP contribution in [0.2, 0.25) is 0 Å². The Labute approximate surface area is 237 Å². The molecular weight excluding hydrogens is 521 g/mol. The molecule has 0 saturated heterocycles. The van der Waals surface area contributed by atoms with Gasteiger partial charge in [0.15, 0.2) is 0 Å². The van der Waals surface area contributed by atoms with Crippen molar-refractivity contribution in [1.29, 1.82) is 0 Å². The van der Waals surface area contributed by atoms with Crippen LogP contribution in [0, 0.1) is 5.82 Å². The van der Waals surface area contributed by atoms with Crippen LogP contribution in [0.5, 0.6) is 0 Å². The van der Waals surface area contributed by atoms with Gasteiger partial charge in [-0.05, 0) is 97.7 Å². The summed E-state index contributed by atoms with van der Waals surface area (Å²) < 4.78 is 20.0. The molecule has 0 amide bonds. The molecule has 0 bridgehead atoms. The maximum Gasteiger partial charge on any atom is 0.247 e. The van der Waals surface area contributed by atoms with Gasteiger partial charge in [0.05, 0.1) is 12.1 Å². The molecule has 0 saturated carbocycles. The maximum atomic E-state index is 13.6. The van der Waals surface area contributed by atoms with E-state index in [4.69, 9.17) is 10.2 Å². The molecule has 0 fully saturated rings. The number of halogens is 1. The van der Waals surface area contributed by atoms with E-state index in [-0.39, 0.29) is 29.8 Å². The summed E-state index contributed by atoms with van der Waals surface area (Å²) in [6, 6.07) is 17.1. The molecule has 41 heavy (non-hydrogen) atoms. The molecule has 3 atom stereocenters. The predicted octanol–water partition coefficient (Wildman–Crippen LogP) is 5.84. The summed E-state index contributed by atoms with van der Waals surface area (Å²) in [5, 5.41) is 8.94. The third kappa shape index (κ3) is 5.31. The summed E-state index contributed by atoms with van der Waals surface area (Å²) >= 11 is 0. The van der Waals surface area contributed by atoms with E-state index in [9.17, 15) is 14.0 Å². The van der Waals surface area contributed by atoms with Crippen LogP contribution >= 0.6 is 0 Å². The second-order valence-corrected chi connectivity index (χ2v) is 10.6. The summed E-state index contributed by atoms with van der Waals surface area (Å²) in [6.07, 6.45) is 5.16. The molecule has 1 aliphatic carbocycles. The highest BCUT2D eigenvalue weighted by atomic mass is 19.1. The van der Waals surface area contributed by atoms with Crippen molar-refractivity contribution in [2.75, 3.05) is 0 Å². The van der Waals surface area contributed by atoms with Gasteiger partial charge in [-0.15, -0.1) is 10.2 Å². The molecule has 5 rings (SSSR count). The first-order valence-electron chi connectivity index (χ1n) is 13.5. The lowest BCUT2D eigenvalue weighted by molar-refractivity contribution is 0.380. The minimum Gasteiger partial charge on any atom is -0.419 e. The van der Waals surface area contributed by atoms with Crippen molar-refractivity contribution in [3.05, 3.63) is 106 Å². The third-order valence-corrected chi connectivity index (χ3v) is 7.81. The molecule has 1 aliphatic rings. The number of nitrogens with zero attached hydrogens (tertiary/aromatic N) is 4. The first-order valence-corrected chi connectivity index (χ1v) is 13.5. The maximum absolute atomic E-state index is 13.6. The number of benzene rings is 3. The number of hydrogen-bond acceptors (Lipinski definition) is 8. The molecule has 1 heterocycles. The third-order valence-electron chi connectivity index (χ3n) is 7.81. The zero-order chi connectivity index (χ0) is 29.1. The molecule has 0 radical (unpaired) electrons. The zero-order valence-electron chi connectivity index (χ0n) is 23.1. The average molecular weight is 552 g/mol. The number of aryl methyl sites for hydroxylation is 2. The van der Waals surface area contributed by atoms with Crippen molar-refractivity contribution in [3.63, 3.8) is 0 Å². The second-order valence-electron chi connectivity index (χ2n) is 10.6. The van der Waals surface area contributed by atoms with Crippen molar-refractivity contribution in [2.24, 2.45) is 15.7 Å². The topological polar surface area (TPSA) is 124 Å². The van der Waals surface area contributed by atoms with Crippen LogP contribution in [-0.4, -0.2) is 28.4 Å². The predicted molar refractivity (Wildman–Crippen MR) is 151 cm³/mol. The highest BCUT2D eigenvalue weighted by Crippen LogP contribution is 2.48. The van der Waals surface area contributed by atoms with Gasteiger partial charge < -0.3 is 10.2 Å². The number of hydrogen-bond donors (Lipinski definition) is 1. The lowest BCUT2D eigenvalue weighted by atomic mass is 9.68. The normalized spacial score (nSPS) is 18.1. The van der Waals surface area contributed by atoms with Gasteiger partial charge in [-0.3, -0.25) is 0 Å². The Bertz CT molecular complexity index is 1590. The largest absolute Gasteiger partial charge is 0.419 e. The van der Waals surface area contributed by atoms with Gasteiger partial charge in [0.2, 0.25) is 23.9 Å². The number of isocyanates is 2. The number of rotatable bonds is 8. The first kappa shape index (κ1) is 28.0. The molecule has 0 aliphatic heterocycles. The first-order chi connectivity index (χ1) is 19.8. The van der Waals surface area contributed by atoms with Crippen molar-refractivity contribution >= 4 is 12.2 Å². The van der Waals surface area contributed by atoms with Gasteiger partial charge in [0.1, 0.15) is 11.2 Å². The fraction of sp³-hybridized carbons (Fsp3) is 0.312. The van der Waals surface area contributed by atoms with Crippen LogP contribution in [-0.2, 0) is 27.8 Å². The van der Waals surface area contributed by atoms with Crippen LogP contribution < -0.4 is 5.73 Å². The van der Waals surface area contributed by atoms with Crippen LogP contribution in [0.1, 0.15) is 78.5 Å². The Balaban J connectivity index is 1.78. The SMILES string of the molecule is CC(N=C=O)c1ccc2c(c1)CCc1cc(C(C)N=C=O)ccc1C2(C[C@@H](C)N)c1nnc(-c2ccc(F)cc2)o1. The van der Waals surface area contributed by atoms with Gasteiger partial charge >= 0.3 is 0 Å². The van der Waals surface area contributed by atoms with E-state index >= 15 is 0 Å². The van der Waals surface area contributed by atoms with E-state index in [0.717, 1.165) is 33.4 Å². The highest BCUT2D eigenvalue weighted by Gasteiger charge is 2.46. The van der Waals surface area contributed by atoms with E-state index in [1.54, 1.807) is 24.3 Å². The van der Waals surface area contributed by atoms with Gasteiger partial charge in [-0.25, -0.2) is 14.0 Å². The van der Waals surface area contributed by atoms with E-state index in [1.807, 2.05) is 45.0 Å². The van der Waals surface area contributed by atoms with Gasteiger partial charge in [-0.2, -0.15) is 9.98 Å². The summed E-state index contributed by atoms with van der Waals surface area (Å²) in [4.78, 5) is 29.8. The quantitative estimate of drug-likeness (QED) is 0.217. The Hall–Kier alpha value is -4.55. The van der Waals surface area contributed by atoms with Gasteiger partial charge in [0.25, 0.3) is 0 Å². The Kier molecular flexibility index (Phi) is 7.86. The smallest absolute Gasteiger partial charge is 0.247 e. The number of aromatic nitrogens is 2.